The Hall–Kier alpha value is -0.120. The summed E-state index contributed by atoms with van der Waals surface area (Å²) in [6, 6.07) is 0. The first-order valence-corrected chi connectivity index (χ1v) is 5.00. The lowest BCUT2D eigenvalue weighted by atomic mass is 9.59. The largest absolute Gasteiger partial charge is 0.353 e. The molecule has 0 N–H and O–H groups in total. The first-order chi connectivity index (χ1) is 6.17. The highest BCUT2D eigenvalue weighted by Gasteiger charge is 2.60. The van der Waals surface area contributed by atoms with Crippen molar-refractivity contribution in [3.05, 3.63) is 0 Å². The average Bonchev–Trinajstić information content (AvgIpc) is 2.02. The molecule has 1 heterocycles. The molecule has 1 saturated carbocycles. The summed E-state index contributed by atoms with van der Waals surface area (Å²) in [5.41, 5.74) is 0.530. The van der Waals surface area contributed by atoms with E-state index in [2.05, 4.69) is 11.8 Å². The van der Waals surface area contributed by atoms with Gasteiger partial charge in [-0.15, -0.1) is 0 Å². The van der Waals surface area contributed by atoms with Crippen LogP contribution in [0.4, 0.5) is 0 Å². The van der Waals surface area contributed by atoms with E-state index < -0.39 is 0 Å². The highest BCUT2D eigenvalue weighted by molar-refractivity contribution is 5.08. The lowest BCUT2D eigenvalue weighted by molar-refractivity contribution is -0.319. The SMILES string of the molecule is CCN1CC2(C1)CC(OC)(OC)C2. The molecule has 13 heavy (non-hydrogen) atoms. The molecule has 1 aliphatic carbocycles. The first-order valence-electron chi connectivity index (χ1n) is 5.00. The maximum Gasteiger partial charge on any atom is 0.168 e. The minimum Gasteiger partial charge on any atom is -0.353 e. The lowest BCUT2D eigenvalue weighted by Crippen LogP contribution is -2.68. The Morgan fingerprint density at radius 1 is 1.15 bits per heavy atom. The van der Waals surface area contributed by atoms with Crippen LogP contribution in [0.15, 0.2) is 0 Å². The van der Waals surface area contributed by atoms with E-state index in [0.29, 0.717) is 5.41 Å². The minimum absolute atomic E-state index is 0.250. The molecule has 2 aliphatic rings. The number of nitrogens with zero attached hydrogens (tertiary/aromatic N) is 1. The zero-order valence-corrected chi connectivity index (χ0v) is 8.80. The van der Waals surface area contributed by atoms with Gasteiger partial charge in [-0.3, -0.25) is 0 Å². The Morgan fingerprint density at radius 3 is 2.08 bits per heavy atom. The topological polar surface area (TPSA) is 21.7 Å². The van der Waals surface area contributed by atoms with Crippen LogP contribution in [-0.4, -0.2) is 44.5 Å². The van der Waals surface area contributed by atoms with Crippen LogP contribution in [0.5, 0.6) is 0 Å². The molecule has 3 heteroatoms. The summed E-state index contributed by atoms with van der Waals surface area (Å²) in [5.74, 6) is -0.250. The van der Waals surface area contributed by atoms with Crippen molar-refractivity contribution in [2.75, 3.05) is 33.9 Å². The third kappa shape index (κ3) is 1.30. The normalized spacial score (nSPS) is 29.8. The van der Waals surface area contributed by atoms with Crippen LogP contribution in [0.25, 0.3) is 0 Å². The molecular weight excluding hydrogens is 166 g/mol. The Kier molecular flexibility index (Phi) is 2.13. The number of methoxy groups -OCH3 is 2. The van der Waals surface area contributed by atoms with Crippen molar-refractivity contribution in [3.8, 4) is 0 Å². The van der Waals surface area contributed by atoms with E-state index in [4.69, 9.17) is 9.47 Å². The Labute approximate surface area is 80.0 Å². The van der Waals surface area contributed by atoms with Crippen LogP contribution in [-0.2, 0) is 9.47 Å². The lowest BCUT2D eigenvalue weighted by Gasteiger charge is -2.62. The first kappa shape index (κ1) is 9.44. The van der Waals surface area contributed by atoms with Crippen molar-refractivity contribution in [3.63, 3.8) is 0 Å². The van der Waals surface area contributed by atoms with E-state index in [1.165, 1.54) is 19.6 Å². The Morgan fingerprint density at radius 2 is 1.69 bits per heavy atom. The molecule has 0 unspecified atom stereocenters. The van der Waals surface area contributed by atoms with E-state index in [1.54, 1.807) is 14.2 Å². The van der Waals surface area contributed by atoms with Gasteiger partial charge in [0, 0.05) is 45.6 Å². The summed E-state index contributed by atoms with van der Waals surface area (Å²) in [7, 11) is 3.49. The number of ether oxygens (including phenoxy) is 2. The fourth-order valence-corrected chi connectivity index (χ4v) is 2.81. The average molecular weight is 185 g/mol. The van der Waals surface area contributed by atoms with E-state index >= 15 is 0 Å². The van der Waals surface area contributed by atoms with E-state index in [9.17, 15) is 0 Å². The van der Waals surface area contributed by atoms with Crippen molar-refractivity contribution in [2.24, 2.45) is 5.41 Å². The third-order valence-electron chi connectivity index (χ3n) is 3.60. The van der Waals surface area contributed by atoms with Gasteiger partial charge in [-0.1, -0.05) is 6.92 Å². The zero-order valence-electron chi connectivity index (χ0n) is 8.80. The van der Waals surface area contributed by atoms with Crippen LogP contribution in [0.1, 0.15) is 19.8 Å². The predicted octanol–water partition coefficient (Wildman–Crippen LogP) is 1.09. The van der Waals surface area contributed by atoms with Crippen molar-refractivity contribution >= 4 is 0 Å². The molecule has 1 spiro atoms. The van der Waals surface area contributed by atoms with Gasteiger partial charge in [0.05, 0.1) is 0 Å². The van der Waals surface area contributed by atoms with Gasteiger partial charge in [0.15, 0.2) is 5.79 Å². The van der Waals surface area contributed by atoms with Gasteiger partial charge < -0.3 is 14.4 Å². The van der Waals surface area contributed by atoms with Crippen LogP contribution in [0.3, 0.4) is 0 Å². The smallest absolute Gasteiger partial charge is 0.168 e. The summed E-state index contributed by atoms with van der Waals surface area (Å²) in [6.07, 6.45) is 2.15. The van der Waals surface area contributed by atoms with Gasteiger partial charge >= 0.3 is 0 Å². The van der Waals surface area contributed by atoms with E-state index in [0.717, 1.165) is 12.8 Å². The molecular formula is C10H19NO2. The number of rotatable bonds is 3. The monoisotopic (exact) mass is 185 g/mol. The maximum atomic E-state index is 5.38. The Balaban J connectivity index is 1.84. The molecule has 2 rings (SSSR count). The van der Waals surface area contributed by atoms with Crippen LogP contribution >= 0.6 is 0 Å². The van der Waals surface area contributed by atoms with Crippen LogP contribution in [0, 0.1) is 5.41 Å². The number of hydrogen-bond acceptors (Lipinski definition) is 3. The summed E-state index contributed by atoms with van der Waals surface area (Å²) in [5, 5.41) is 0. The third-order valence-corrected chi connectivity index (χ3v) is 3.60. The van der Waals surface area contributed by atoms with Crippen molar-refractivity contribution in [2.45, 2.75) is 25.6 Å². The Bertz CT molecular complexity index is 185. The van der Waals surface area contributed by atoms with Gasteiger partial charge in [-0.05, 0) is 6.54 Å². The molecule has 0 amide bonds. The summed E-state index contributed by atoms with van der Waals surface area (Å²) in [4.78, 5) is 2.47. The molecule has 0 bridgehead atoms. The van der Waals surface area contributed by atoms with Gasteiger partial charge in [0.1, 0.15) is 0 Å². The second-order valence-electron chi connectivity index (χ2n) is 4.48. The standard InChI is InChI=1S/C10H19NO2/c1-4-11-7-9(8-11)5-10(6-9,12-2)13-3/h4-8H2,1-3H3. The molecule has 3 nitrogen and oxygen atoms in total. The highest BCUT2D eigenvalue weighted by atomic mass is 16.7. The molecule has 0 radical (unpaired) electrons. The highest BCUT2D eigenvalue weighted by Crippen LogP contribution is 2.55. The molecule has 0 aromatic carbocycles. The summed E-state index contributed by atoms with van der Waals surface area (Å²) < 4.78 is 10.8. The van der Waals surface area contributed by atoms with Crippen molar-refractivity contribution in [1.82, 2.24) is 4.90 Å². The van der Waals surface area contributed by atoms with Gasteiger partial charge in [0.2, 0.25) is 0 Å². The van der Waals surface area contributed by atoms with Crippen molar-refractivity contribution < 1.29 is 9.47 Å². The predicted molar refractivity (Wildman–Crippen MR) is 50.5 cm³/mol. The quantitative estimate of drug-likeness (QED) is 0.614. The maximum absolute atomic E-state index is 5.38. The molecule has 0 aromatic rings. The van der Waals surface area contributed by atoms with Gasteiger partial charge in [0.25, 0.3) is 0 Å². The second-order valence-corrected chi connectivity index (χ2v) is 4.48. The number of likely N-dealkylation sites (tertiary alicyclic amines) is 1. The molecule has 1 aliphatic heterocycles. The molecule has 76 valence electrons. The number of hydrogen-bond donors (Lipinski definition) is 0. The molecule has 2 fully saturated rings. The van der Waals surface area contributed by atoms with E-state index in [1.807, 2.05) is 0 Å². The second kappa shape index (κ2) is 2.94. The fourth-order valence-electron chi connectivity index (χ4n) is 2.81. The van der Waals surface area contributed by atoms with Crippen LogP contribution < -0.4 is 0 Å². The zero-order chi connectivity index (χ0) is 9.53. The molecule has 0 atom stereocenters. The molecule has 0 aromatic heterocycles. The van der Waals surface area contributed by atoms with Crippen LogP contribution in [0.2, 0.25) is 0 Å². The van der Waals surface area contributed by atoms with Gasteiger partial charge in [-0.2, -0.15) is 0 Å². The molecule has 1 saturated heterocycles. The summed E-state index contributed by atoms with van der Waals surface area (Å²) >= 11 is 0. The minimum atomic E-state index is -0.250. The fraction of sp³-hybridized carbons (Fsp3) is 1.00. The summed E-state index contributed by atoms with van der Waals surface area (Å²) in [6.45, 7) is 5.86. The van der Waals surface area contributed by atoms with Crippen molar-refractivity contribution in [1.29, 1.82) is 0 Å². The van der Waals surface area contributed by atoms with Gasteiger partial charge in [-0.25, -0.2) is 0 Å². The van der Waals surface area contributed by atoms with E-state index in [-0.39, 0.29) is 5.79 Å².